The zero-order valence-electron chi connectivity index (χ0n) is 17.1. The molecule has 1 aromatic heterocycles. The van der Waals surface area contributed by atoms with Crippen LogP contribution in [0.2, 0.25) is 5.02 Å². The Balaban J connectivity index is 1.40. The summed E-state index contributed by atoms with van der Waals surface area (Å²) in [5.41, 5.74) is 4.93. The maximum Gasteiger partial charge on any atom is 0.185 e. The molecule has 3 aromatic rings. The van der Waals surface area contributed by atoms with E-state index in [-0.39, 0.29) is 5.25 Å². The molecule has 1 aliphatic heterocycles. The van der Waals surface area contributed by atoms with Crippen LogP contribution in [0.25, 0.3) is 0 Å². The fraction of sp³-hybridized carbons (Fsp3) is 0.348. The molecule has 1 aliphatic rings. The predicted octanol–water partition coefficient (Wildman–Crippen LogP) is 5.45. The highest BCUT2D eigenvalue weighted by molar-refractivity contribution is 7.92. The van der Waals surface area contributed by atoms with Crippen molar-refractivity contribution < 1.29 is 8.42 Å². The van der Waals surface area contributed by atoms with Crippen molar-refractivity contribution in [3.63, 3.8) is 0 Å². The van der Waals surface area contributed by atoms with Crippen molar-refractivity contribution in [2.45, 2.75) is 43.3 Å². The molecule has 0 N–H and O–H groups in total. The van der Waals surface area contributed by atoms with Gasteiger partial charge >= 0.3 is 0 Å². The van der Waals surface area contributed by atoms with E-state index in [0.29, 0.717) is 35.8 Å². The van der Waals surface area contributed by atoms with Gasteiger partial charge in [0.15, 0.2) is 15.0 Å². The van der Waals surface area contributed by atoms with Gasteiger partial charge in [-0.15, -0.1) is 11.3 Å². The van der Waals surface area contributed by atoms with Gasteiger partial charge in [-0.1, -0.05) is 29.8 Å². The van der Waals surface area contributed by atoms with Gasteiger partial charge in [0, 0.05) is 29.9 Å². The van der Waals surface area contributed by atoms with Gasteiger partial charge in [0.2, 0.25) is 0 Å². The fourth-order valence-electron chi connectivity index (χ4n) is 3.82. The highest BCUT2D eigenvalue weighted by atomic mass is 35.5. The first-order valence-electron chi connectivity index (χ1n) is 10.1. The number of rotatable bonds is 5. The number of anilines is 1. The summed E-state index contributed by atoms with van der Waals surface area (Å²) in [5.74, 6) is 0. The number of benzene rings is 2. The summed E-state index contributed by atoms with van der Waals surface area (Å²) >= 11 is 7.53. The average molecular weight is 461 g/mol. The van der Waals surface area contributed by atoms with Gasteiger partial charge in [0.1, 0.15) is 0 Å². The monoisotopic (exact) mass is 460 g/mol. The van der Waals surface area contributed by atoms with Crippen LogP contribution in [-0.4, -0.2) is 31.7 Å². The van der Waals surface area contributed by atoms with Gasteiger partial charge in [-0.05, 0) is 67.6 Å². The van der Waals surface area contributed by atoms with Gasteiger partial charge in [0.05, 0.1) is 15.8 Å². The Labute approximate surface area is 187 Å². The van der Waals surface area contributed by atoms with E-state index in [1.54, 1.807) is 35.6 Å². The SMILES string of the molecule is Cc1ccc(Cc2csc(N3CCC(S(=O)(=O)c4ccc(Cl)cc4)CC3)n2)cc1C. The van der Waals surface area contributed by atoms with Crippen LogP contribution >= 0.6 is 22.9 Å². The molecule has 4 rings (SSSR count). The molecule has 2 aromatic carbocycles. The van der Waals surface area contributed by atoms with E-state index in [1.807, 2.05) is 0 Å². The number of thiazole rings is 1. The van der Waals surface area contributed by atoms with Gasteiger partial charge in [-0.3, -0.25) is 0 Å². The summed E-state index contributed by atoms with van der Waals surface area (Å²) < 4.78 is 25.9. The summed E-state index contributed by atoms with van der Waals surface area (Å²) in [6, 6.07) is 13.0. The molecule has 0 radical (unpaired) electrons. The minimum absolute atomic E-state index is 0.357. The third-order valence-corrected chi connectivity index (χ3v) is 9.27. The standard InChI is InChI=1S/C23H25ClN2O2S2/c1-16-3-4-18(13-17(16)2)14-20-15-29-23(25-20)26-11-9-22(10-12-26)30(27,28)21-7-5-19(24)6-8-21/h3-8,13,15,22H,9-12,14H2,1-2H3. The highest BCUT2D eigenvalue weighted by Crippen LogP contribution is 2.30. The Morgan fingerprint density at radius 2 is 1.77 bits per heavy atom. The van der Waals surface area contributed by atoms with Crippen LogP contribution < -0.4 is 4.90 Å². The van der Waals surface area contributed by atoms with Crippen molar-refractivity contribution in [1.82, 2.24) is 4.98 Å². The highest BCUT2D eigenvalue weighted by Gasteiger charge is 2.32. The minimum Gasteiger partial charge on any atom is -0.348 e. The predicted molar refractivity (Wildman–Crippen MR) is 125 cm³/mol. The third kappa shape index (κ3) is 4.56. The molecule has 30 heavy (non-hydrogen) atoms. The van der Waals surface area contributed by atoms with Crippen LogP contribution in [0.4, 0.5) is 5.13 Å². The Bertz CT molecular complexity index is 1130. The molecule has 7 heteroatoms. The Kier molecular flexibility index (Phi) is 6.19. The molecule has 4 nitrogen and oxygen atoms in total. The smallest absolute Gasteiger partial charge is 0.185 e. The first-order chi connectivity index (χ1) is 14.3. The lowest BCUT2D eigenvalue weighted by atomic mass is 10.0. The summed E-state index contributed by atoms with van der Waals surface area (Å²) in [6.45, 7) is 5.66. The van der Waals surface area contributed by atoms with Gasteiger partial charge in [-0.25, -0.2) is 13.4 Å². The topological polar surface area (TPSA) is 50.3 Å². The summed E-state index contributed by atoms with van der Waals surface area (Å²) in [6.07, 6.45) is 2.03. The molecule has 0 aliphatic carbocycles. The Hall–Kier alpha value is -1.89. The van der Waals surface area contributed by atoms with Crippen molar-refractivity contribution in [2.75, 3.05) is 18.0 Å². The number of halogens is 1. The number of hydrogen-bond donors (Lipinski definition) is 0. The van der Waals surface area contributed by atoms with Gasteiger partial charge < -0.3 is 4.90 Å². The molecule has 1 saturated heterocycles. The molecular formula is C23H25ClN2O2S2. The van der Waals surface area contributed by atoms with E-state index in [1.165, 1.54) is 16.7 Å². The van der Waals surface area contributed by atoms with Crippen molar-refractivity contribution >= 4 is 37.9 Å². The summed E-state index contributed by atoms with van der Waals surface area (Å²) in [7, 11) is -3.33. The van der Waals surface area contributed by atoms with Crippen LogP contribution in [0.5, 0.6) is 0 Å². The first-order valence-corrected chi connectivity index (χ1v) is 12.9. The molecule has 0 spiro atoms. The van der Waals surface area contributed by atoms with E-state index in [2.05, 4.69) is 42.3 Å². The van der Waals surface area contributed by atoms with Crippen molar-refractivity contribution in [2.24, 2.45) is 0 Å². The molecule has 2 heterocycles. The third-order valence-electron chi connectivity index (χ3n) is 5.79. The van der Waals surface area contributed by atoms with E-state index in [4.69, 9.17) is 16.6 Å². The van der Waals surface area contributed by atoms with Gasteiger partial charge in [0.25, 0.3) is 0 Å². The van der Waals surface area contributed by atoms with Crippen LogP contribution in [0.15, 0.2) is 52.7 Å². The van der Waals surface area contributed by atoms with Crippen LogP contribution in [0, 0.1) is 13.8 Å². The van der Waals surface area contributed by atoms with E-state index >= 15 is 0 Å². The van der Waals surface area contributed by atoms with Crippen molar-refractivity contribution in [3.05, 3.63) is 75.3 Å². The lowest BCUT2D eigenvalue weighted by Crippen LogP contribution is -2.39. The number of aromatic nitrogens is 1. The number of sulfone groups is 1. The first kappa shape index (κ1) is 21.3. The summed E-state index contributed by atoms with van der Waals surface area (Å²) in [4.78, 5) is 7.38. The van der Waals surface area contributed by atoms with Crippen LogP contribution in [0.3, 0.4) is 0 Å². The normalized spacial score (nSPS) is 15.5. The lowest BCUT2D eigenvalue weighted by Gasteiger charge is -2.31. The second kappa shape index (κ2) is 8.69. The number of hydrogen-bond acceptors (Lipinski definition) is 5. The molecule has 0 amide bonds. The molecule has 1 fully saturated rings. The second-order valence-corrected chi connectivity index (χ2v) is 11.4. The maximum absolute atomic E-state index is 12.9. The molecule has 0 bridgehead atoms. The fourth-order valence-corrected chi connectivity index (χ4v) is 6.56. The quantitative estimate of drug-likeness (QED) is 0.508. The Morgan fingerprint density at radius 1 is 1.07 bits per heavy atom. The second-order valence-electron chi connectivity index (χ2n) is 7.90. The minimum atomic E-state index is -3.33. The zero-order valence-corrected chi connectivity index (χ0v) is 19.5. The molecule has 0 saturated carbocycles. The zero-order chi connectivity index (χ0) is 21.3. The number of aryl methyl sites for hydroxylation is 2. The van der Waals surface area contributed by atoms with Crippen molar-refractivity contribution in [3.8, 4) is 0 Å². The lowest BCUT2D eigenvalue weighted by molar-refractivity contribution is 0.529. The largest absolute Gasteiger partial charge is 0.348 e. The molecule has 0 unspecified atom stereocenters. The van der Waals surface area contributed by atoms with E-state index in [9.17, 15) is 8.42 Å². The molecular weight excluding hydrogens is 436 g/mol. The van der Waals surface area contributed by atoms with Gasteiger partial charge in [-0.2, -0.15) is 0 Å². The Morgan fingerprint density at radius 3 is 2.43 bits per heavy atom. The maximum atomic E-state index is 12.9. The van der Waals surface area contributed by atoms with Crippen molar-refractivity contribution in [1.29, 1.82) is 0 Å². The number of nitrogens with zero attached hydrogens (tertiary/aromatic N) is 2. The van der Waals surface area contributed by atoms with Crippen LogP contribution in [0.1, 0.15) is 35.2 Å². The van der Waals surface area contributed by atoms with Crippen LogP contribution in [-0.2, 0) is 16.3 Å². The molecule has 0 atom stereocenters. The summed E-state index contributed by atoms with van der Waals surface area (Å²) in [5, 5.41) is 3.28. The average Bonchev–Trinajstić information content (AvgIpc) is 3.20. The van der Waals surface area contributed by atoms with E-state index in [0.717, 1.165) is 17.2 Å². The van der Waals surface area contributed by atoms with E-state index < -0.39 is 9.84 Å². The molecule has 158 valence electrons. The number of piperidine rings is 1.